The van der Waals surface area contributed by atoms with E-state index in [0.29, 0.717) is 31.3 Å². The van der Waals surface area contributed by atoms with Gasteiger partial charge in [0.25, 0.3) is 0 Å². The van der Waals surface area contributed by atoms with E-state index >= 15 is 0 Å². The number of aromatic amines is 1. The van der Waals surface area contributed by atoms with E-state index in [1.807, 2.05) is 36.3 Å². The molecule has 1 fully saturated rings. The molecule has 0 spiro atoms. The van der Waals surface area contributed by atoms with Crippen molar-refractivity contribution >= 4 is 26.7 Å². The Kier molecular flexibility index (Phi) is 4.73. The van der Waals surface area contributed by atoms with Crippen LogP contribution < -0.4 is 5.01 Å². The highest BCUT2D eigenvalue weighted by Crippen LogP contribution is 2.33. The van der Waals surface area contributed by atoms with Gasteiger partial charge in [-0.2, -0.15) is 19.9 Å². The topological polar surface area (TPSA) is 109 Å². The van der Waals surface area contributed by atoms with Gasteiger partial charge in [-0.15, -0.1) is 0 Å². The minimum Gasteiger partial charge on any atom is -0.363 e. The lowest BCUT2D eigenvalue weighted by Crippen LogP contribution is -2.48. The zero-order chi connectivity index (χ0) is 21.6. The number of hydrazine groups is 1. The molecule has 1 aromatic carbocycles. The van der Waals surface area contributed by atoms with Gasteiger partial charge in [0.15, 0.2) is 21.3 Å². The number of anilines is 1. The fourth-order valence-corrected chi connectivity index (χ4v) is 4.29. The van der Waals surface area contributed by atoms with Crippen LogP contribution in [-0.2, 0) is 14.6 Å². The molecule has 31 heavy (non-hydrogen) atoms. The quantitative estimate of drug-likeness (QED) is 0.513. The number of rotatable bonds is 4. The molecule has 0 amide bonds. The summed E-state index contributed by atoms with van der Waals surface area (Å²) in [6.45, 7) is 1.74. The summed E-state index contributed by atoms with van der Waals surface area (Å²) in [4.78, 5) is 5.17. The Morgan fingerprint density at radius 1 is 1.16 bits per heavy atom. The molecular weight excluding hydrogens is 418 g/mol. The molecule has 3 aromatic heterocycles. The van der Waals surface area contributed by atoms with Gasteiger partial charge in [0.1, 0.15) is 12.5 Å². The van der Waals surface area contributed by atoms with Crippen LogP contribution in [-0.4, -0.2) is 71.6 Å². The third kappa shape index (κ3) is 3.56. The Morgan fingerprint density at radius 3 is 2.65 bits per heavy atom. The number of hydrogen-bond donors (Lipinski definition) is 1. The Bertz CT molecular complexity index is 1330. The number of sulfone groups is 1. The van der Waals surface area contributed by atoms with Gasteiger partial charge in [-0.3, -0.25) is 10.1 Å². The largest absolute Gasteiger partial charge is 0.363 e. The average molecular weight is 440 g/mol. The zero-order valence-corrected chi connectivity index (χ0v) is 17.9. The number of nitrogens with one attached hydrogen (secondary N) is 1. The average Bonchev–Trinajstić information content (AvgIpc) is 3.42. The molecule has 10 nitrogen and oxygen atoms in total. The highest BCUT2D eigenvalue weighted by molar-refractivity contribution is 7.90. The normalized spacial score (nSPS) is 15.6. The Hall–Kier alpha value is -3.28. The number of hydrogen-bond acceptors (Lipinski definition) is 8. The van der Waals surface area contributed by atoms with Crippen molar-refractivity contribution in [2.45, 2.75) is 4.90 Å². The first-order chi connectivity index (χ1) is 14.9. The van der Waals surface area contributed by atoms with Crippen molar-refractivity contribution in [3.05, 3.63) is 48.8 Å². The molecule has 0 unspecified atom stereocenters. The van der Waals surface area contributed by atoms with E-state index in [1.165, 1.54) is 6.26 Å². The predicted molar refractivity (Wildman–Crippen MR) is 115 cm³/mol. The van der Waals surface area contributed by atoms with Crippen molar-refractivity contribution < 1.29 is 13.2 Å². The van der Waals surface area contributed by atoms with Crippen molar-refractivity contribution in [1.82, 2.24) is 30.0 Å². The maximum absolute atomic E-state index is 11.9. The van der Waals surface area contributed by atoms with Crippen LogP contribution in [0.5, 0.6) is 0 Å². The molecule has 11 heteroatoms. The molecule has 160 valence electrons. The van der Waals surface area contributed by atoms with Gasteiger partial charge in [0.05, 0.1) is 30.4 Å². The summed E-state index contributed by atoms with van der Waals surface area (Å²) >= 11 is 0. The molecule has 1 N–H and O–H groups in total. The van der Waals surface area contributed by atoms with Gasteiger partial charge < -0.3 is 4.74 Å². The highest BCUT2D eigenvalue weighted by Gasteiger charge is 2.22. The minimum atomic E-state index is -3.27. The smallest absolute Gasteiger partial charge is 0.175 e. The molecule has 0 saturated carbocycles. The third-order valence-corrected chi connectivity index (χ3v) is 6.37. The molecule has 1 aliphatic heterocycles. The molecule has 4 heterocycles. The van der Waals surface area contributed by atoms with Crippen LogP contribution in [0.2, 0.25) is 0 Å². The van der Waals surface area contributed by atoms with Gasteiger partial charge in [-0.25, -0.2) is 13.4 Å². The summed E-state index contributed by atoms with van der Waals surface area (Å²) in [6, 6.07) is 10.7. The van der Waals surface area contributed by atoms with Crippen molar-refractivity contribution in [3.8, 4) is 16.9 Å². The van der Waals surface area contributed by atoms with E-state index in [0.717, 1.165) is 22.3 Å². The summed E-state index contributed by atoms with van der Waals surface area (Å²) in [5, 5.41) is 16.3. The predicted octanol–water partition coefficient (Wildman–Crippen LogP) is 1.85. The highest BCUT2D eigenvalue weighted by atomic mass is 32.2. The molecule has 4 aromatic rings. The Balaban J connectivity index is 1.71. The number of fused-ring (bicyclic) bond motifs is 1. The second-order valence-electron chi connectivity index (χ2n) is 7.38. The van der Waals surface area contributed by atoms with Crippen LogP contribution in [0.15, 0.2) is 53.7 Å². The van der Waals surface area contributed by atoms with Crippen molar-refractivity contribution in [3.63, 3.8) is 0 Å². The number of H-pyrrole nitrogens is 1. The Labute approximate surface area is 178 Å². The van der Waals surface area contributed by atoms with Crippen molar-refractivity contribution in [2.24, 2.45) is 0 Å². The fourth-order valence-electron chi connectivity index (χ4n) is 3.66. The van der Waals surface area contributed by atoms with Crippen LogP contribution in [0.1, 0.15) is 0 Å². The van der Waals surface area contributed by atoms with E-state index < -0.39 is 9.84 Å². The third-order valence-electron chi connectivity index (χ3n) is 5.24. The molecule has 1 saturated heterocycles. The van der Waals surface area contributed by atoms with Gasteiger partial charge in [-0.1, -0.05) is 12.1 Å². The SMILES string of the molecule is CN1COCCN1c1cc(-c2ccc(S(C)(=O)=O)cc2)c2cnn(-c3ccn[nH]3)c2n1. The molecule has 0 bridgehead atoms. The monoisotopic (exact) mass is 439 g/mol. The molecule has 0 aliphatic carbocycles. The van der Waals surface area contributed by atoms with Gasteiger partial charge in [0, 0.05) is 24.8 Å². The lowest BCUT2D eigenvalue weighted by Gasteiger charge is -2.36. The van der Waals surface area contributed by atoms with Crippen LogP contribution in [0.4, 0.5) is 5.82 Å². The van der Waals surface area contributed by atoms with Gasteiger partial charge >= 0.3 is 0 Å². The van der Waals surface area contributed by atoms with E-state index in [2.05, 4.69) is 20.3 Å². The first-order valence-corrected chi connectivity index (χ1v) is 11.6. The van der Waals surface area contributed by atoms with Gasteiger partial charge in [0.2, 0.25) is 0 Å². The fraction of sp³-hybridized carbons (Fsp3) is 0.250. The summed E-state index contributed by atoms with van der Waals surface area (Å²) in [5.74, 6) is 1.45. The number of nitrogens with zero attached hydrogens (tertiary/aromatic N) is 6. The number of ether oxygens (including phenoxy) is 1. The summed E-state index contributed by atoms with van der Waals surface area (Å²) in [6.07, 6.45) is 4.62. The van der Waals surface area contributed by atoms with Gasteiger partial charge in [-0.05, 0) is 29.3 Å². The van der Waals surface area contributed by atoms with E-state index in [-0.39, 0.29) is 4.90 Å². The second kappa shape index (κ2) is 7.45. The molecule has 0 radical (unpaired) electrons. The van der Waals surface area contributed by atoms with E-state index in [4.69, 9.17) is 9.72 Å². The van der Waals surface area contributed by atoms with E-state index in [9.17, 15) is 8.42 Å². The summed E-state index contributed by atoms with van der Waals surface area (Å²) < 4.78 is 31.0. The zero-order valence-electron chi connectivity index (χ0n) is 17.1. The standard InChI is InChI=1S/C20H21N7O3S/c1-25-13-30-10-9-26(25)19-11-16(14-3-5-15(6-4-14)31(2,28)29)17-12-22-27(20(17)23-19)18-7-8-21-24-18/h3-8,11-12H,9-10,13H2,1-2H3,(H,21,24). The number of benzene rings is 1. The van der Waals surface area contributed by atoms with Crippen LogP contribution in [0.25, 0.3) is 28.0 Å². The Morgan fingerprint density at radius 2 is 1.97 bits per heavy atom. The molecule has 5 rings (SSSR count). The minimum absolute atomic E-state index is 0.280. The maximum Gasteiger partial charge on any atom is 0.175 e. The first-order valence-electron chi connectivity index (χ1n) is 9.67. The lowest BCUT2D eigenvalue weighted by atomic mass is 10.0. The van der Waals surface area contributed by atoms with Crippen molar-refractivity contribution in [2.75, 3.05) is 38.2 Å². The second-order valence-corrected chi connectivity index (χ2v) is 9.39. The summed E-state index contributed by atoms with van der Waals surface area (Å²) in [5.41, 5.74) is 2.45. The number of pyridine rings is 1. The van der Waals surface area contributed by atoms with Crippen LogP contribution in [0.3, 0.4) is 0 Å². The van der Waals surface area contributed by atoms with E-state index in [1.54, 1.807) is 29.2 Å². The molecule has 0 atom stereocenters. The van der Waals surface area contributed by atoms with Crippen LogP contribution in [0, 0.1) is 0 Å². The lowest BCUT2D eigenvalue weighted by molar-refractivity contribution is -0.000437. The van der Waals surface area contributed by atoms with Crippen molar-refractivity contribution in [1.29, 1.82) is 0 Å². The maximum atomic E-state index is 11.9. The summed E-state index contributed by atoms with van der Waals surface area (Å²) in [7, 11) is -1.33. The number of aromatic nitrogens is 5. The molecular formula is C20H21N7O3S. The van der Waals surface area contributed by atoms with Crippen LogP contribution >= 0.6 is 0 Å². The first kappa shape index (κ1) is 19.7. The molecule has 1 aliphatic rings.